The van der Waals surface area contributed by atoms with E-state index in [1.165, 1.54) is 19.1 Å². The number of ketones is 1. The second-order valence-corrected chi connectivity index (χ2v) is 10.8. The summed E-state index contributed by atoms with van der Waals surface area (Å²) in [6, 6.07) is 18.8. The van der Waals surface area contributed by atoms with Gasteiger partial charge >= 0.3 is 0 Å². The number of aliphatic hydroxyl groups excluding tert-OH is 1. The molecule has 0 aromatic heterocycles. The van der Waals surface area contributed by atoms with E-state index in [2.05, 4.69) is 20.8 Å². The fraction of sp³-hybridized carbons (Fsp3) is 0.312. The first-order valence-corrected chi connectivity index (χ1v) is 12.9. The first-order valence-electron chi connectivity index (χ1n) is 12.9. The van der Waals surface area contributed by atoms with Crippen LogP contribution < -0.4 is 19.1 Å². The third-order valence-corrected chi connectivity index (χ3v) is 6.68. The van der Waals surface area contributed by atoms with E-state index in [1.807, 2.05) is 38.1 Å². The number of hydrogen-bond donors (Lipinski definition) is 1. The number of benzene rings is 3. The standard InChI is InChI=1S/C32H35NO6/c1-19(2)39-24-15-13-23(14-16-24)33-28(20-8-11-22(12-9-20)32(3,4)5)27(30(35)31(33)36)29(34)21-10-17-25(37-6)26(18-21)38-7/h8-19,28,34H,1-7H3/b29-27-. The number of nitrogens with zero attached hydrogens (tertiary/aromatic N) is 1. The first kappa shape index (κ1) is 27.8. The van der Waals surface area contributed by atoms with Crippen LogP contribution in [0, 0.1) is 0 Å². The SMILES string of the molecule is COc1ccc(/C(O)=C2/C(=O)C(=O)N(c3ccc(OC(C)C)cc3)C2c2ccc(C(C)(C)C)cc2)cc1OC. The largest absolute Gasteiger partial charge is 0.507 e. The molecule has 1 N–H and O–H groups in total. The zero-order valence-electron chi connectivity index (χ0n) is 23.4. The molecule has 0 radical (unpaired) electrons. The summed E-state index contributed by atoms with van der Waals surface area (Å²) in [5.74, 6) is -0.257. The third-order valence-electron chi connectivity index (χ3n) is 6.68. The van der Waals surface area contributed by atoms with Crippen molar-refractivity contribution in [3.8, 4) is 17.2 Å². The van der Waals surface area contributed by atoms with E-state index in [1.54, 1.807) is 42.5 Å². The highest BCUT2D eigenvalue weighted by Gasteiger charge is 2.47. The minimum atomic E-state index is -0.844. The molecule has 1 unspecified atom stereocenters. The Bertz CT molecular complexity index is 1400. The van der Waals surface area contributed by atoms with Crippen molar-refractivity contribution in [2.75, 3.05) is 19.1 Å². The Morgan fingerprint density at radius 1 is 0.872 bits per heavy atom. The number of Topliss-reactive ketones (excluding diaryl/α,β-unsaturated/α-hetero) is 1. The average Bonchev–Trinajstić information content (AvgIpc) is 3.17. The lowest BCUT2D eigenvalue weighted by molar-refractivity contribution is -0.132. The van der Waals surface area contributed by atoms with Gasteiger partial charge in [-0.25, -0.2) is 0 Å². The lowest BCUT2D eigenvalue weighted by Crippen LogP contribution is -2.29. The molecular weight excluding hydrogens is 494 g/mol. The van der Waals surface area contributed by atoms with Crippen LogP contribution >= 0.6 is 0 Å². The maximum absolute atomic E-state index is 13.5. The quantitative estimate of drug-likeness (QED) is 0.216. The van der Waals surface area contributed by atoms with Crippen LogP contribution in [-0.2, 0) is 15.0 Å². The van der Waals surface area contributed by atoms with Crippen LogP contribution in [0.4, 0.5) is 5.69 Å². The lowest BCUT2D eigenvalue weighted by Gasteiger charge is -2.27. The Morgan fingerprint density at radius 3 is 2.03 bits per heavy atom. The van der Waals surface area contributed by atoms with Gasteiger partial charge in [-0.2, -0.15) is 0 Å². The predicted octanol–water partition coefficient (Wildman–Crippen LogP) is 6.41. The summed E-state index contributed by atoms with van der Waals surface area (Å²) in [5, 5.41) is 11.5. The van der Waals surface area contributed by atoms with Crippen molar-refractivity contribution < 1.29 is 28.9 Å². The van der Waals surface area contributed by atoms with E-state index in [0.29, 0.717) is 34.1 Å². The lowest BCUT2D eigenvalue weighted by atomic mass is 9.85. The maximum atomic E-state index is 13.5. The molecular formula is C32H35NO6. The minimum Gasteiger partial charge on any atom is -0.507 e. The van der Waals surface area contributed by atoms with E-state index in [0.717, 1.165) is 5.56 Å². The summed E-state index contributed by atoms with van der Waals surface area (Å²) in [5.41, 5.74) is 2.59. The molecule has 7 nitrogen and oxygen atoms in total. The van der Waals surface area contributed by atoms with Gasteiger partial charge in [-0.3, -0.25) is 14.5 Å². The van der Waals surface area contributed by atoms with Crippen LogP contribution in [0.2, 0.25) is 0 Å². The molecule has 3 aromatic rings. The number of amides is 1. The number of carbonyl (C=O) groups excluding carboxylic acids is 2. The first-order chi connectivity index (χ1) is 18.5. The van der Waals surface area contributed by atoms with Gasteiger partial charge in [0.05, 0.1) is 31.9 Å². The van der Waals surface area contributed by atoms with Crippen molar-refractivity contribution in [3.63, 3.8) is 0 Å². The molecule has 1 aliphatic heterocycles. The molecule has 204 valence electrons. The number of aliphatic hydroxyl groups is 1. The second-order valence-electron chi connectivity index (χ2n) is 10.8. The molecule has 0 spiro atoms. The number of methoxy groups -OCH3 is 2. The highest BCUT2D eigenvalue weighted by atomic mass is 16.5. The van der Waals surface area contributed by atoms with E-state index >= 15 is 0 Å². The smallest absolute Gasteiger partial charge is 0.300 e. The van der Waals surface area contributed by atoms with Gasteiger partial charge in [-0.05, 0) is 72.9 Å². The average molecular weight is 530 g/mol. The molecule has 0 saturated carbocycles. The summed E-state index contributed by atoms with van der Waals surface area (Å²) in [6.07, 6.45) is -0.00658. The second kappa shape index (κ2) is 10.8. The van der Waals surface area contributed by atoms with Crippen LogP contribution in [-0.4, -0.2) is 37.1 Å². The highest BCUT2D eigenvalue weighted by Crippen LogP contribution is 2.43. The predicted molar refractivity (Wildman–Crippen MR) is 152 cm³/mol. The van der Waals surface area contributed by atoms with Crippen molar-refractivity contribution in [1.29, 1.82) is 0 Å². The van der Waals surface area contributed by atoms with Crippen molar-refractivity contribution in [2.45, 2.75) is 52.2 Å². The fourth-order valence-electron chi connectivity index (χ4n) is 4.68. The summed E-state index contributed by atoms with van der Waals surface area (Å²) in [7, 11) is 3.01. The molecule has 39 heavy (non-hydrogen) atoms. The van der Waals surface area contributed by atoms with Crippen molar-refractivity contribution >= 4 is 23.1 Å². The molecule has 1 atom stereocenters. The Kier molecular flexibility index (Phi) is 7.72. The van der Waals surface area contributed by atoms with E-state index in [4.69, 9.17) is 14.2 Å². The van der Waals surface area contributed by atoms with Crippen molar-refractivity contribution in [1.82, 2.24) is 0 Å². The number of ether oxygens (including phenoxy) is 3. The Balaban J connectivity index is 1.89. The molecule has 7 heteroatoms. The highest BCUT2D eigenvalue weighted by molar-refractivity contribution is 6.51. The summed E-state index contributed by atoms with van der Waals surface area (Å²) in [4.78, 5) is 28.4. The maximum Gasteiger partial charge on any atom is 0.300 e. The molecule has 4 rings (SSSR count). The summed E-state index contributed by atoms with van der Waals surface area (Å²) in [6.45, 7) is 10.2. The van der Waals surface area contributed by atoms with Crippen LogP contribution in [0.1, 0.15) is 57.4 Å². The number of rotatable bonds is 7. The van der Waals surface area contributed by atoms with Gasteiger partial charge in [0.25, 0.3) is 11.7 Å². The summed E-state index contributed by atoms with van der Waals surface area (Å²) < 4.78 is 16.5. The molecule has 1 aliphatic rings. The van der Waals surface area contributed by atoms with Gasteiger partial charge in [0.2, 0.25) is 0 Å². The Labute approximate surface area is 229 Å². The molecule has 3 aromatic carbocycles. The topological polar surface area (TPSA) is 85.3 Å². The van der Waals surface area contributed by atoms with Crippen LogP contribution in [0.5, 0.6) is 17.2 Å². The molecule has 1 fully saturated rings. The van der Waals surface area contributed by atoms with Crippen LogP contribution in [0.15, 0.2) is 72.3 Å². The molecule has 1 saturated heterocycles. The minimum absolute atomic E-state index is 0.00163. The molecule has 0 bridgehead atoms. The number of carbonyl (C=O) groups is 2. The van der Waals surface area contributed by atoms with Gasteiger partial charge in [0.15, 0.2) is 11.5 Å². The Morgan fingerprint density at radius 2 is 1.49 bits per heavy atom. The molecule has 1 heterocycles. The Hall–Kier alpha value is -4.26. The van der Waals surface area contributed by atoms with Gasteiger partial charge < -0.3 is 19.3 Å². The fourth-order valence-corrected chi connectivity index (χ4v) is 4.68. The molecule has 0 aliphatic carbocycles. The van der Waals surface area contributed by atoms with Crippen LogP contribution in [0.25, 0.3) is 5.76 Å². The van der Waals surface area contributed by atoms with Crippen molar-refractivity contribution in [3.05, 3.63) is 89.0 Å². The van der Waals surface area contributed by atoms with Gasteiger partial charge in [-0.1, -0.05) is 45.0 Å². The third kappa shape index (κ3) is 5.48. The van der Waals surface area contributed by atoms with Crippen molar-refractivity contribution in [2.24, 2.45) is 0 Å². The monoisotopic (exact) mass is 529 g/mol. The van der Waals surface area contributed by atoms with Crippen LogP contribution in [0.3, 0.4) is 0 Å². The number of hydrogen-bond acceptors (Lipinski definition) is 6. The van der Waals surface area contributed by atoms with Gasteiger partial charge in [0.1, 0.15) is 11.5 Å². The number of anilines is 1. The van der Waals surface area contributed by atoms with Gasteiger partial charge in [0, 0.05) is 11.3 Å². The normalized spacial score (nSPS) is 17.0. The van der Waals surface area contributed by atoms with E-state index < -0.39 is 17.7 Å². The van der Waals surface area contributed by atoms with Gasteiger partial charge in [-0.15, -0.1) is 0 Å². The van der Waals surface area contributed by atoms with E-state index in [9.17, 15) is 14.7 Å². The summed E-state index contributed by atoms with van der Waals surface area (Å²) >= 11 is 0. The molecule has 1 amide bonds. The van der Waals surface area contributed by atoms with E-state index in [-0.39, 0.29) is 22.9 Å². The zero-order chi connectivity index (χ0) is 28.5. The zero-order valence-corrected chi connectivity index (χ0v) is 23.4.